The first kappa shape index (κ1) is 26.1. The predicted octanol–water partition coefficient (Wildman–Crippen LogP) is 3.11. The van der Waals surface area contributed by atoms with Gasteiger partial charge in [0.25, 0.3) is 0 Å². The van der Waals surface area contributed by atoms with Gasteiger partial charge in [0.1, 0.15) is 0 Å². The molecular formula is C9H10F11NO3S. The van der Waals surface area contributed by atoms with Crippen LogP contribution in [0, 0.1) is 0 Å². The van der Waals surface area contributed by atoms with Crippen molar-refractivity contribution >= 4 is 10.1 Å². The molecule has 0 saturated heterocycles. The number of nitrogens with two attached hydrogens (primary N) is 1. The summed E-state index contributed by atoms with van der Waals surface area (Å²) in [5.74, 6) is -29.3. The lowest BCUT2D eigenvalue weighted by Crippen LogP contribution is -2.69. The van der Waals surface area contributed by atoms with Gasteiger partial charge in [-0.05, 0) is 0 Å². The summed E-state index contributed by atoms with van der Waals surface area (Å²) >= 11 is 0. The maximum atomic E-state index is 12.7. The van der Waals surface area contributed by atoms with E-state index >= 15 is 0 Å². The van der Waals surface area contributed by atoms with Gasteiger partial charge < -0.3 is 5.73 Å². The second kappa shape index (κ2) is 7.61. The molecule has 152 valence electrons. The van der Waals surface area contributed by atoms with Crippen molar-refractivity contribution in [3.63, 3.8) is 0 Å². The van der Waals surface area contributed by atoms with Gasteiger partial charge in [-0.25, -0.2) is 4.39 Å². The van der Waals surface area contributed by atoms with Gasteiger partial charge in [0, 0.05) is 6.54 Å². The van der Waals surface area contributed by atoms with E-state index in [1.165, 1.54) is 0 Å². The summed E-state index contributed by atoms with van der Waals surface area (Å²) in [5.41, 5.74) is 4.91. The molecule has 0 amide bonds. The number of alkyl halides is 11. The second-order valence-corrected chi connectivity index (χ2v) is 5.54. The predicted molar refractivity (Wildman–Crippen MR) is 61.5 cm³/mol. The molecule has 0 spiro atoms. The van der Waals surface area contributed by atoms with Crippen molar-refractivity contribution < 1.29 is 61.3 Å². The molecule has 0 aliphatic heterocycles. The fraction of sp³-hybridized carbons (Fsp3) is 0.778. The Balaban J connectivity index is 0. The molecule has 0 aromatic carbocycles. The van der Waals surface area contributed by atoms with E-state index in [1.54, 1.807) is 6.08 Å². The fourth-order valence-corrected chi connectivity index (χ4v) is 1.31. The number of hydrogen-bond donors (Lipinski definition) is 2. The van der Waals surface area contributed by atoms with Crippen LogP contribution in [0.15, 0.2) is 12.7 Å². The highest BCUT2D eigenvalue weighted by Crippen LogP contribution is 2.57. The third kappa shape index (κ3) is 4.33. The van der Waals surface area contributed by atoms with Crippen molar-refractivity contribution in [2.75, 3.05) is 13.2 Å². The van der Waals surface area contributed by atoms with E-state index < -0.39 is 45.7 Å². The van der Waals surface area contributed by atoms with E-state index in [-0.39, 0.29) is 0 Å². The van der Waals surface area contributed by atoms with Gasteiger partial charge in [-0.1, -0.05) is 6.08 Å². The van der Waals surface area contributed by atoms with Crippen LogP contribution in [0.25, 0.3) is 0 Å². The van der Waals surface area contributed by atoms with E-state index in [2.05, 4.69) is 6.58 Å². The van der Waals surface area contributed by atoms with Gasteiger partial charge in [0.2, 0.25) is 0 Å². The highest BCUT2D eigenvalue weighted by atomic mass is 32.2. The minimum Gasteiger partial charge on any atom is -0.327 e. The van der Waals surface area contributed by atoms with Crippen molar-refractivity contribution in [1.82, 2.24) is 0 Å². The monoisotopic (exact) mass is 421 g/mol. The third-order valence-electron chi connectivity index (χ3n) is 2.27. The van der Waals surface area contributed by atoms with Gasteiger partial charge in [0.05, 0.1) is 0 Å². The average Bonchev–Trinajstić information content (AvgIpc) is 2.45. The Hall–Kier alpha value is -1.16. The lowest BCUT2D eigenvalue weighted by atomic mass is 9.99. The van der Waals surface area contributed by atoms with E-state index in [0.717, 1.165) is 0 Å². The fourth-order valence-electron chi connectivity index (χ4n) is 0.856. The lowest BCUT2D eigenvalue weighted by molar-refractivity contribution is -0.390. The maximum absolute atomic E-state index is 12.7. The Morgan fingerprint density at radius 3 is 1.40 bits per heavy atom. The molecular weight excluding hydrogens is 411 g/mol. The normalized spacial score (nSPS) is 14.6. The first-order chi connectivity index (χ1) is 10.7. The zero-order chi connectivity index (χ0) is 21.1. The molecule has 3 N–H and O–H groups in total. The molecule has 0 saturated carbocycles. The van der Waals surface area contributed by atoms with Crippen molar-refractivity contribution in [3.05, 3.63) is 12.7 Å². The summed E-state index contributed by atoms with van der Waals surface area (Å²) in [6.07, 6.45) is 1.65. The van der Waals surface area contributed by atoms with Crippen molar-refractivity contribution in [2.45, 2.75) is 28.9 Å². The van der Waals surface area contributed by atoms with Crippen LogP contribution < -0.4 is 5.73 Å². The van der Waals surface area contributed by atoms with Crippen molar-refractivity contribution in [2.24, 2.45) is 5.73 Å². The van der Waals surface area contributed by atoms with Crippen LogP contribution in [0.5, 0.6) is 0 Å². The molecule has 0 aromatic heterocycles. The molecule has 0 aromatic rings. The van der Waals surface area contributed by atoms with Gasteiger partial charge >= 0.3 is 39.1 Å². The lowest BCUT2D eigenvalue weighted by Gasteiger charge is -2.37. The molecule has 0 aliphatic rings. The Morgan fingerprint density at radius 1 is 0.880 bits per heavy atom. The molecule has 0 atom stereocenters. The van der Waals surface area contributed by atoms with Crippen molar-refractivity contribution in [3.8, 4) is 0 Å². The summed E-state index contributed by atoms with van der Waals surface area (Å²) in [6, 6.07) is 0. The topological polar surface area (TPSA) is 80.4 Å². The van der Waals surface area contributed by atoms with Crippen LogP contribution in [0.4, 0.5) is 48.3 Å². The summed E-state index contributed by atoms with van der Waals surface area (Å²) in [4.78, 5) is 0. The minimum atomic E-state index is -7.73. The molecule has 0 fully saturated rings. The van der Waals surface area contributed by atoms with Gasteiger partial charge in [-0.2, -0.15) is 52.3 Å². The highest BCUT2D eigenvalue weighted by molar-refractivity contribution is 7.87. The van der Waals surface area contributed by atoms with Crippen LogP contribution >= 0.6 is 0 Å². The third-order valence-corrected chi connectivity index (χ3v) is 3.18. The SMILES string of the molecule is C=CCN.O=S(=O)(O)C(F)(F)C(F)(F)C(F)(F)C(F)(F)C(F)(F)CF. The summed E-state index contributed by atoms with van der Waals surface area (Å²) < 4.78 is 164. The van der Waals surface area contributed by atoms with Crippen LogP contribution in [-0.2, 0) is 10.1 Å². The molecule has 0 heterocycles. The van der Waals surface area contributed by atoms with E-state index in [9.17, 15) is 56.7 Å². The smallest absolute Gasteiger partial charge is 0.327 e. The molecule has 16 heteroatoms. The average molecular weight is 421 g/mol. The van der Waals surface area contributed by atoms with Crippen LogP contribution in [0.3, 0.4) is 0 Å². The first-order valence-electron chi connectivity index (χ1n) is 5.46. The number of hydrogen-bond acceptors (Lipinski definition) is 3. The summed E-state index contributed by atoms with van der Waals surface area (Å²) in [5, 5.41) is -7.25. The highest BCUT2D eigenvalue weighted by Gasteiger charge is 2.88. The molecule has 0 unspecified atom stereocenters. The Labute approximate surface area is 133 Å². The largest absolute Gasteiger partial charge is 0.438 e. The number of halogens is 11. The minimum absolute atomic E-state index is 0.583. The quantitative estimate of drug-likeness (QED) is 0.376. The van der Waals surface area contributed by atoms with Gasteiger partial charge in [-0.3, -0.25) is 4.55 Å². The Bertz CT molecular complexity index is 561. The van der Waals surface area contributed by atoms with Gasteiger partial charge in [-0.15, -0.1) is 6.58 Å². The number of rotatable bonds is 7. The molecule has 0 radical (unpaired) electrons. The summed E-state index contributed by atoms with van der Waals surface area (Å²) in [6.45, 7) is 0.302. The molecule has 0 aliphatic carbocycles. The summed E-state index contributed by atoms with van der Waals surface area (Å²) in [7, 11) is -7.39. The molecule has 0 rings (SSSR count). The molecule has 0 bridgehead atoms. The van der Waals surface area contributed by atoms with Crippen LogP contribution in [-0.4, -0.2) is 55.1 Å². The van der Waals surface area contributed by atoms with E-state index in [0.29, 0.717) is 6.54 Å². The van der Waals surface area contributed by atoms with Gasteiger partial charge in [0.15, 0.2) is 6.67 Å². The molecule has 25 heavy (non-hydrogen) atoms. The van der Waals surface area contributed by atoms with Crippen LogP contribution in [0.1, 0.15) is 0 Å². The Kier molecular flexibility index (Phi) is 7.94. The zero-order valence-corrected chi connectivity index (χ0v) is 12.4. The van der Waals surface area contributed by atoms with E-state index in [1.807, 2.05) is 0 Å². The first-order valence-corrected chi connectivity index (χ1v) is 6.90. The van der Waals surface area contributed by atoms with Crippen molar-refractivity contribution in [1.29, 1.82) is 0 Å². The maximum Gasteiger partial charge on any atom is 0.438 e. The second-order valence-electron chi connectivity index (χ2n) is 4.08. The van der Waals surface area contributed by atoms with E-state index in [4.69, 9.17) is 10.3 Å². The zero-order valence-electron chi connectivity index (χ0n) is 11.6. The van der Waals surface area contributed by atoms with Crippen LogP contribution in [0.2, 0.25) is 0 Å². The molecule has 4 nitrogen and oxygen atoms in total. The standard InChI is InChI=1S/C6H3F11O3S.C3H7N/c7-1-2(8,9)3(10,11)4(12,13)5(14,15)6(16,17)21(18,19)20;1-2-3-4/h1H2,(H,18,19,20);2H,1,3-4H2. The Morgan fingerprint density at radius 2 is 1.20 bits per heavy atom.